The number of benzene rings is 2. The van der Waals surface area contributed by atoms with Crippen molar-refractivity contribution in [3.05, 3.63) is 58.6 Å². The van der Waals surface area contributed by atoms with Crippen LogP contribution in [0.5, 0.6) is 0 Å². The number of thiocarbonyl (C=S) groups is 2. The monoisotopic (exact) mass is 634 g/mol. The zero-order chi connectivity index (χ0) is 27.9. The Morgan fingerprint density at radius 1 is 0.658 bits per heavy atom. The van der Waals surface area contributed by atoms with E-state index in [4.69, 9.17) is 57.1 Å². The number of thioether (sulfide) groups is 2. The van der Waals surface area contributed by atoms with E-state index in [1.165, 1.54) is 0 Å². The van der Waals surface area contributed by atoms with Crippen LogP contribution in [0.3, 0.4) is 0 Å². The van der Waals surface area contributed by atoms with Gasteiger partial charge in [0.25, 0.3) is 0 Å². The molecule has 2 aromatic rings. The number of imide groups is 2. The second-order valence-corrected chi connectivity index (χ2v) is 10.8. The molecule has 0 radical (unpaired) electrons. The number of halogens is 2. The summed E-state index contributed by atoms with van der Waals surface area (Å²) in [6.07, 6.45) is 0. The second-order valence-electron chi connectivity index (χ2n) is 6.79. The fraction of sp³-hybridized carbons (Fsp3) is 0.182. The van der Waals surface area contributed by atoms with Crippen LogP contribution in [0.25, 0.3) is 0 Å². The number of ether oxygens (including phenoxy) is 2. The number of hydrogen-bond acceptors (Lipinski definition) is 10. The Bertz CT molecular complexity index is 1080. The van der Waals surface area contributed by atoms with Crippen molar-refractivity contribution in [2.24, 2.45) is 0 Å². The second kappa shape index (κ2) is 17.1. The Morgan fingerprint density at radius 2 is 1.00 bits per heavy atom. The van der Waals surface area contributed by atoms with Crippen molar-refractivity contribution in [2.45, 2.75) is 0 Å². The summed E-state index contributed by atoms with van der Waals surface area (Å²) in [5.41, 5.74) is 0.949. The molecule has 0 unspecified atom stereocenters. The minimum atomic E-state index is -0.694. The Kier molecular flexibility index (Phi) is 14.2. The van der Waals surface area contributed by atoms with Crippen LogP contribution < -0.4 is 21.3 Å². The lowest BCUT2D eigenvalue weighted by molar-refractivity contribution is -0.118. The van der Waals surface area contributed by atoms with E-state index in [-0.39, 0.29) is 33.5 Å². The number of carbonyl (C=O) groups excluding carboxylic acids is 4. The van der Waals surface area contributed by atoms with Gasteiger partial charge in [-0.25, -0.2) is 9.59 Å². The van der Waals surface area contributed by atoms with Crippen LogP contribution in [-0.4, -0.2) is 57.4 Å². The topological polar surface area (TPSA) is 135 Å². The maximum absolute atomic E-state index is 11.9. The molecule has 0 aromatic heterocycles. The van der Waals surface area contributed by atoms with Gasteiger partial charge in [-0.1, -0.05) is 46.7 Å². The lowest BCUT2D eigenvalue weighted by atomic mass is 10.3. The van der Waals surface area contributed by atoms with Crippen LogP contribution in [0.2, 0.25) is 10.0 Å². The van der Waals surface area contributed by atoms with Crippen molar-refractivity contribution < 1.29 is 28.7 Å². The lowest BCUT2D eigenvalue weighted by Crippen LogP contribution is -2.35. The average Bonchev–Trinajstić information content (AvgIpc) is 2.87. The minimum absolute atomic E-state index is 0.0426. The number of urea groups is 2. The minimum Gasteiger partial charge on any atom is -0.475 e. The van der Waals surface area contributed by atoms with Gasteiger partial charge >= 0.3 is 12.1 Å². The summed E-state index contributed by atoms with van der Waals surface area (Å²) >= 11 is 23.4. The van der Waals surface area contributed by atoms with Crippen molar-refractivity contribution in [3.63, 3.8) is 0 Å². The van der Waals surface area contributed by atoms with Crippen LogP contribution in [-0.2, 0) is 19.1 Å². The summed E-state index contributed by atoms with van der Waals surface area (Å²) in [4.78, 5) is 47.4. The molecule has 6 amide bonds. The fourth-order valence-corrected chi connectivity index (χ4v) is 4.05. The van der Waals surface area contributed by atoms with Crippen molar-refractivity contribution in [1.82, 2.24) is 10.6 Å². The molecule has 4 N–H and O–H groups in total. The van der Waals surface area contributed by atoms with E-state index in [1.807, 2.05) is 0 Å². The van der Waals surface area contributed by atoms with Gasteiger partial charge in [0.15, 0.2) is 0 Å². The molecule has 0 saturated heterocycles. The van der Waals surface area contributed by atoms with E-state index in [0.29, 0.717) is 21.4 Å². The first-order chi connectivity index (χ1) is 18.1. The van der Waals surface area contributed by atoms with E-state index in [9.17, 15) is 19.2 Å². The summed E-state index contributed by atoms with van der Waals surface area (Å²) in [6.45, 7) is 0.0851. The van der Waals surface area contributed by atoms with Gasteiger partial charge in [-0.05, 0) is 73.0 Å². The largest absolute Gasteiger partial charge is 0.475 e. The first-order valence-corrected chi connectivity index (χ1v) is 14.0. The smallest absolute Gasteiger partial charge is 0.325 e. The molecule has 2 rings (SSSR count). The number of nitrogens with one attached hydrogen (secondary N) is 4. The van der Waals surface area contributed by atoms with Crippen LogP contribution in [0.1, 0.15) is 0 Å². The molecule has 38 heavy (non-hydrogen) atoms. The molecular formula is C22H20Cl2N4O6S4. The highest BCUT2D eigenvalue weighted by Gasteiger charge is 2.12. The molecule has 0 saturated carbocycles. The van der Waals surface area contributed by atoms with Crippen molar-refractivity contribution in [2.75, 3.05) is 35.4 Å². The predicted molar refractivity (Wildman–Crippen MR) is 159 cm³/mol. The molecule has 0 spiro atoms. The van der Waals surface area contributed by atoms with E-state index in [2.05, 4.69) is 21.3 Å². The number of carbonyl (C=O) groups is 4. The van der Waals surface area contributed by atoms with Gasteiger partial charge in [-0.3, -0.25) is 20.2 Å². The zero-order valence-corrected chi connectivity index (χ0v) is 24.1. The number of amides is 6. The maximum Gasteiger partial charge on any atom is 0.325 e. The quantitative estimate of drug-likeness (QED) is 0.219. The summed E-state index contributed by atoms with van der Waals surface area (Å²) in [5, 5.41) is 10.4. The SMILES string of the molecule is O=C(CSC(=S)OCCOC(=S)SCC(=O)NC(=O)Nc1ccc(Cl)cc1)NC(=O)Nc1ccc(Cl)cc1. The van der Waals surface area contributed by atoms with Gasteiger partial charge in [0, 0.05) is 21.4 Å². The highest BCUT2D eigenvalue weighted by Crippen LogP contribution is 2.14. The summed E-state index contributed by atoms with van der Waals surface area (Å²) in [7, 11) is 0. The van der Waals surface area contributed by atoms with Crippen LogP contribution in [0.15, 0.2) is 48.5 Å². The highest BCUT2D eigenvalue weighted by molar-refractivity contribution is 8.23. The van der Waals surface area contributed by atoms with Crippen LogP contribution in [0, 0.1) is 0 Å². The third-order valence-corrected chi connectivity index (χ3v) is 6.84. The standard InChI is InChI=1S/C22H20Cl2N4O6S4/c23-13-1-5-15(6-2-13)25-19(31)27-17(29)11-37-21(35)33-9-10-34-22(36)38-12-18(30)28-20(32)26-16-7-3-14(24)4-8-16/h1-8H,9-12H2,(H2,25,27,29,31)(H2,26,28,30,32). The molecule has 0 aliphatic heterocycles. The normalized spacial score (nSPS) is 10.1. The van der Waals surface area contributed by atoms with E-state index in [1.54, 1.807) is 48.5 Å². The first-order valence-electron chi connectivity index (χ1n) is 10.4. The summed E-state index contributed by atoms with van der Waals surface area (Å²) in [6, 6.07) is 11.4. The zero-order valence-electron chi connectivity index (χ0n) is 19.3. The lowest BCUT2D eigenvalue weighted by Gasteiger charge is -2.10. The molecule has 10 nitrogen and oxygen atoms in total. The summed E-state index contributed by atoms with van der Waals surface area (Å²) in [5.74, 6) is -1.41. The van der Waals surface area contributed by atoms with Gasteiger partial charge in [0.05, 0.1) is 11.5 Å². The van der Waals surface area contributed by atoms with Gasteiger partial charge in [-0.15, -0.1) is 0 Å². The molecule has 0 fully saturated rings. The molecule has 0 aliphatic carbocycles. The van der Waals surface area contributed by atoms with Crippen LogP contribution >= 0.6 is 71.2 Å². The molecule has 0 atom stereocenters. The highest BCUT2D eigenvalue weighted by atomic mass is 35.5. The molecular weight excluding hydrogens is 615 g/mol. The summed E-state index contributed by atoms with van der Waals surface area (Å²) < 4.78 is 10.7. The van der Waals surface area contributed by atoms with Crippen molar-refractivity contribution in [3.8, 4) is 0 Å². The molecule has 0 bridgehead atoms. The Labute approximate surface area is 247 Å². The predicted octanol–water partition coefficient (Wildman–Crippen LogP) is 5.06. The third kappa shape index (κ3) is 13.8. The third-order valence-electron chi connectivity index (χ3n) is 3.88. The number of rotatable bonds is 9. The van der Waals surface area contributed by atoms with Crippen LogP contribution in [0.4, 0.5) is 21.0 Å². The fourth-order valence-electron chi connectivity index (χ4n) is 2.30. The Balaban J connectivity index is 1.51. The Hall–Kier alpha value is -2.62. The van der Waals surface area contributed by atoms with E-state index < -0.39 is 23.9 Å². The van der Waals surface area contributed by atoms with Gasteiger partial charge in [-0.2, -0.15) is 0 Å². The van der Waals surface area contributed by atoms with Crippen molar-refractivity contribution >= 4 is 115 Å². The number of hydrogen-bond donors (Lipinski definition) is 4. The van der Waals surface area contributed by atoms with Crippen molar-refractivity contribution in [1.29, 1.82) is 0 Å². The number of anilines is 2. The molecule has 202 valence electrons. The molecule has 2 aromatic carbocycles. The van der Waals surface area contributed by atoms with Gasteiger partial charge in [0.2, 0.25) is 20.6 Å². The van der Waals surface area contributed by atoms with Gasteiger partial charge in [0.1, 0.15) is 13.2 Å². The first kappa shape index (κ1) is 31.6. The van der Waals surface area contributed by atoms with E-state index in [0.717, 1.165) is 23.5 Å². The maximum atomic E-state index is 11.9. The molecule has 0 heterocycles. The molecule has 0 aliphatic rings. The molecule has 16 heteroatoms. The Morgan fingerprint density at radius 3 is 1.34 bits per heavy atom. The average molecular weight is 636 g/mol. The van der Waals surface area contributed by atoms with Gasteiger partial charge < -0.3 is 20.1 Å². The van der Waals surface area contributed by atoms with E-state index >= 15 is 0 Å².